The molecule has 0 unspecified atom stereocenters. The maximum absolute atomic E-state index is 12.4. The van der Waals surface area contributed by atoms with Gasteiger partial charge in [-0.1, -0.05) is 11.6 Å². The van der Waals surface area contributed by atoms with Crippen LogP contribution in [0.15, 0.2) is 41.9 Å². The van der Waals surface area contributed by atoms with Crippen LogP contribution in [0.25, 0.3) is 10.2 Å². The Morgan fingerprint density at radius 3 is 3.05 bits per heavy atom. The number of nitrogens with one attached hydrogen (secondary N) is 1. The van der Waals surface area contributed by atoms with E-state index in [2.05, 4.69) is 10.3 Å². The molecule has 2 heterocycles. The maximum atomic E-state index is 12.4. The van der Waals surface area contributed by atoms with E-state index < -0.39 is 0 Å². The van der Waals surface area contributed by atoms with E-state index in [4.69, 9.17) is 16.3 Å². The summed E-state index contributed by atoms with van der Waals surface area (Å²) in [7, 11) is 1.54. The van der Waals surface area contributed by atoms with Crippen molar-refractivity contribution in [2.24, 2.45) is 0 Å². The zero-order valence-electron chi connectivity index (χ0n) is 11.1. The van der Waals surface area contributed by atoms with Crippen LogP contribution in [-0.4, -0.2) is 18.0 Å². The van der Waals surface area contributed by atoms with E-state index in [1.54, 1.807) is 36.9 Å². The third kappa shape index (κ3) is 2.70. The van der Waals surface area contributed by atoms with Crippen LogP contribution in [-0.2, 0) is 0 Å². The van der Waals surface area contributed by atoms with Crippen molar-refractivity contribution in [1.82, 2.24) is 4.98 Å². The second-order valence-corrected chi connectivity index (χ2v) is 5.65. The number of thiophene rings is 1. The van der Waals surface area contributed by atoms with Crippen LogP contribution in [0.5, 0.6) is 5.75 Å². The van der Waals surface area contributed by atoms with E-state index in [-0.39, 0.29) is 5.91 Å². The van der Waals surface area contributed by atoms with Gasteiger partial charge in [0.05, 0.1) is 28.6 Å². The Balaban J connectivity index is 1.95. The highest BCUT2D eigenvalue weighted by molar-refractivity contribution is 7.17. The molecule has 1 aromatic carbocycles. The summed E-state index contributed by atoms with van der Waals surface area (Å²) in [4.78, 5) is 16.7. The third-order valence-electron chi connectivity index (χ3n) is 2.98. The lowest BCUT2D eigenvalue weighted by Gasteiger charge is -2.10. The van der Waals surface area contributed by atoms with Crippen LogP contribution >= 0.6 is 22.9 Å². The fourth-order valence-electron chi connectivity index (χ4n) is 1.99. The number of fused-ring (bicyclic) bond motifs is 1. The predicted molar refractivity (Wildman–Crippen MR) is 85.6 cm³/mol. The number of ether oxygens (including phenoxy) is 1. The standard InChI is InChI=1S/C15H11ClN2O2S/c1-20-12-5-4-9(16)7-11(12)18-15(19)10-8-21-13-3-2-6-17-14(10)13/h2-8H,1H3,(H,18,19). The van der Waals surface area contributed by atoms with Gasteiger partial charge in [0.2, 0.25) is 0 Å². The molecule has 0 aliphatic heterocycles. The fraction of sp³-hybridized carbons (Fsp3) is 0.0667. The van der Waals surface area contributed by atoms with Gasteiger partial charge in [-0.2, -0.15) is 0 Å². The number of benzene rings is 1. The van der Waals surface area contributed by atoms with Gasteiger partial charge >= 0.3 is 0 Å². The molecular weight excluding hydrogens is 308 g/mol. The molecule has 0 bridgehead atoms. The molecule has 0 atom stereocenters. The van der Waals surface area contributed by atoms with Gasteiger partial charge in [-0.15, -0.1) is 11.3 Å². The zero-order chi connectivity index (χ0) is 14.8. The van der Waals surface area contributed by atoms with Gasteiger partial charge in [0, 0.05) is 16.6 Å². The van der Waals surface area contributed by atoms with Crippen LogP contribution in [0.4, 0.5) is 5.69 Å². The molecular formula is C15H11ClN2O2S. The summed E-state index contributed by atoms with van der Waals surface area (Å²) in [6.07, 6.45) is 1.67. The van der Waals surface area contributed by atoms with E-state index in [1.165, 1.54) is 11.3 Å². The highest BCUT2D eigenvalue weighted by atomic mass is 35.5. The number of nitrogens with zero attached hydrogens (tertiary/aromatic N) is 1. The lowest BCUT2D eigenvalue weighted by atomic mass is 10.2. The highest BCUT2D eigenvalue weighted by Gasteiger charge is 2.15. The van der Waals surface area contributed by atoms with Crippen molar-refractivity contribution in [3.63, 3.8) is 0 Å². The number of methoxy groups -OCH3 is 1. The van der Waals surface area contributed by atoms with Crippen molar-refractivity contribution in [2.45, 2.75) is 0 Å². The van der Waals surface area contributed by atoms with E-state index in [9.17, 15) is 4.79 Å². The highest BCUT2D eigenvalue weighted by Crippen LogP contribution is 2.29. The number of halogens is 1. The summed E-state index contributed by atoms with van der Waals surface area (Å²) >= 11 is 7.45. The summed E-state index contributed by atoms with van der Waals surface area (Å²) < 4.78 is 6.19. The number of rotatable bonds is 3. The third-order valence-corrected chi connectivity index (χ3v) is 4.16. The Kier molecular flexibility index (Phi) is 3.77. The minimum absolute atomic E-state index is 0.236. The van der Waals surface area contributed by atoms with Crippen molar-refractivity contribution in [3.05, 3.63) is 52.5 Å². The van der Waals surface area contributed by atoms with E-state index in [1.807, 2.05) is 12.1 Å². The predicted octanol–water partition coefficient (Wildman–Crippen LogP) is 4.21. The van der Waals surface area contributed by atoms with Gasteiger partial charge in [-0.25, -0.2) is 0 Å². The van der Waals surface area contributed by atoms with Crippen LogP contribution < -0.4 is 10.1 Å². The number of pyridine rings is 1. The van der Waals surface area contributed by atoms with Crippen LogP contribution in [0.2, 0.25) is 5.02 Å². The monoisotopic (exact) mass is 318 g/mol. The Bertz CT molecular complexity index is 816. The first kappa shape index (κ1) is 13.9. The number of carbonyl (C=O) groups excluding carboxylic acids is 1. The van der Waals surface area contributed by atoms with Crippen molar-refractivity contribution < 1.29 is 9.53 Å². The number of anilines is 1. The second-order valence-electron chi connectivity index (χ2n) is 4.30. The average Bonchev–Trinajstić information content (AvgIpc) is 2.91. The Labute approximate surface area is 130 Å². The molecule has 0 aliphatic carbocycles. The van der Waals surface area contributed by atoms with Crippen molar-refractivity contribution >= 4 is 44.7 Å². The van der Waals surface area contributed by atoms with E-state index in [0.29, 0.717) is 27.5 Å². The Morgan fingerprint density at radius 2 is 2.24 bits per heavy atom. The molecule has 6 heteroatoms. The van der Waals surface area contributed by atoms with Crippen LogP contribution in [0.3, 0.4) is 0 Å². The smallest absolute Gasteiger partial charge is 0.258 e. The molecule has 3 rings (SSSR count). The molecule has 1 amide bonds. The molecule has 2 aromatic heterocycles. The second kappa shape index (κ2) is 5.71. The molecule has 3 aromatic rings. The molecule has 0 saturated carbocycles. The number of amides is 1. The number of aromatic nitrogens is 1. The Hall–Kier alpha value is -2.11. The summed E-state index contributed by atoms with van der Waals surface area (Å²) in [6, 6.07) is 8.85. The SMILES string of the molecule is COc1ccc(Cl)cc1NC(=O)c1csc2cccnc12. The maximum Gasteiger partial charge on any atom is 0.258 e. The first-order valence-corrected chi connectivity index (χ1v) is 7.42. The largest absolute Gasteiger partial charge is 0.495 e. The van der Waals surface area contributed by atoms with Gasteiger partial charge in [0.25, 0.3) is 5.91 Å². The lowest BCUT2D eigenvalue weighted by Crippen LogP contribution is -2.12. The lowest BCUT2D eigenvalue weighted by molar-refractivity contribution is 0.102. The van der Waals surface area contributed by atoms with Gasteiger partial charge < -0.3 is 10.1 Å². The summed E-state index contributed by atoms with van der Waals surface area (Å²) in [6.45, 7) is 0. The first-order valence-electron chi connectivity index (χ1n) is 6.16. The molecule has 0 saturated heterocycles. The molecule has 0 radical (unpaired) electrons. The summed E-state index contributed by atoms with van der Waals surface area (Å²) in [5.41, 5.74) is 1.77. The molecule has 0 fully saturated rings. The average molecular weight is 319 g/mol. The van der Waals surface area contributed by atoms with Gasteiger partial charge in [-0.3, -0.25) is 9.78 Å². The van der Waals surface area contributed by atoms with Gasteiger partial charge in [-0.05, 0) is 30.3 Å². The number of hydrogen-bond donors (Lipinski definition) is 1. The molecule has 1 N–H and O–H groups in total. The van der Waals surface area contributed by atoms with Crippen molar-refractivity contribution in [3.8, 4) is 5.75 Å². The minimum Gasteiger partial charge on any atom is -0.495 e. The molecule has 0 spiro atoms. The number of hydrogen-bond acceptors (Lipinski definition) is 4. The van der Waals surface area contributed by atoms with Crippen LogP contribution in [0, 0.1) is 0 Å². The van der Waals surface area contributed by atoms with E-state index >= 15 is 0 Å². The minimum atomic E-state index is -0.236. The van der Waals surface area contributed by atoms with Crippen molar-refractivity contribution in [2.75, 3.05) is 12.4 Å². The fourth-order valence-corrected chi connectivity index (χ4v) is 3.06. The summed E-state index contributed by atoms with van der Waals surface area (Å²) in [5, 5.41) is 5.14. The zero-order valence-corrected chi connectivity index (χ0v) is 12.7. The first-order chi connectivity index (χ1) is 10.2. The molecule has 0 aliphatic rings. The molecule has 21 heavy (non-hydrogen) atoms. The number of carbonyl (C=O) groups is 1. The van der Waals surface area contributed by atoms with Crippen molar-refractivity contribution in [1.29, 1.82) is 0 Å². The topological polar surface area (TPSA) is 51.2 Å². The van der Waals surface area contributed by atoms with Gasteiger partial charge in [0.1, 0.15) is 5.75 Å². The quantitative estimate of drug-likeness (QED) is 0.787. The van der Waals surface area contributed by atoms with Gasteiger partial charge in [0.15, 0.2) is 0 Å². The normalized spacial score (nSPS) is 10.6. The van der Waals surface area contributed by atoms with E-state index in [0.717, 1.165) is 4.70 Å². The molecule has 4 nitrogen and oxygen atoms in total. The molecule has 106 valence electrons. The summed E-state index contributed by atoms with van der Waals surface area (Å²) in [5.74, 6) is 0.320. The Morgan fingerprint density at radius 1 is 1.38 bits per heavy atom. The van der Waals surface area contributed by atoms with Crippen LogP contribution in [0.1, 0.15) is 10.4 Å².